The summed E-state index contributed by atoms with van der Waals surface area (Å²) in [6, 6.07) is 3.79. The molecule has 1 aromatic carbocycles. The van der Waals surface area contributed by atoms with Crippen molar-refractivity contribution in [2.24, 2.45) is 0 Å². The molecule has 1 aromatic heterocycles. The quantitative estimate of drug-likeness (QED) is 0.843. The second kappa shape index (κ2) is 3.85. The Morgan fingerprint density at radius 2 is 2.12 bits per heavy atom. The highest BCUT2D eigenvalue weighted by molar-refractivity contribution is 7.90. The number of aromatic nitrogens is 2. The van der Waals surface area contributed by atoms with E-state index in [1.165, 1.54) is 18.3 Å². The summed E-state index contributed by atoms with van der Waals surface area (Å²) in [5.74, 6) is -0.477. The smallest absolute Gasteiger partial charge is 0.178 e. The minimum absolute atomic E-state index is 0.302. The third-order valence-electron chi connectivity index (χ3n) is 2.31. The van der Waals surface area contributed by atoms with E-state index in [2.05, 4.69) is 10.2 Å². The molecule has 17 heavy (non-hydrogen) atoms. The predicted octanol–water partition coefficient (Wildman–Crippen LogP) is 1.20. The van der Waals surface area contributed by atoms with Crippen LogP contribution in [0.2, 0.25) is 0 Å². The Hall–Kier alpha value is -1.89. The maximum absolute atomic E-state index is 13.4. The maximum atomic E-state index is 13.4. The number of H-pyrrole nitrogens is 1. The second-order valence-corrected chi connectivity index (χ2v) is 5.60. The first-order valence-corrected chi connectivity index (χ1v) is 6.57. The number of anilines is 1. The zero-order chi connectivity index (χ0) is 12.6. The summed E-state index contributed by atoms with van der Waals surface area (Å²) in [5, 5.41) is 6.24. The van der Waals surface area contributed by atoms with Gasteiger partial charge in [0.25, 0.3) is 0 Å². The Labute approximate surface area is 97.4 Å². The van der Waals surface area contributed by atoms with Gasteiger partial charge in [0.05, 0.1) is 6.20 Å². The lowest BCUT2D eigenvalue weighted by molar-refractivity contribution is 0.571. The molecule has 0 spiro atoms. The highest BCUT2D eigenvalue weighted by atomic mass is 32.2. The number of hydrogen-bond donors (Lipinski definition) is 2. The fourth-order valence-electron chi connectivity index (χ4n) is 1.48. The molecule has 2 aromatic rings. The lowest BCUT2D eigenvalue weighted by Gasteiger charge is -2.04. The Morgan fingerprint density at radius 3 is 2.65 bits per heavy atom. The molecule has 0 saturated heterocycles. The molecular formula is C10H10FN3O2S. The molecule has 0 fully saturated rings. The third kappa shape index (κ3) is 2.14. The van der Waals surface area contributed by atoms with Gasteiger partial charge in [0.1, 0.15) is 16.5 Å². The summed E-state index contributed by atoms with van der Waals surface area (Å²) in [7, 11) is -3.61. The molecule has 0 amide bonds. The monoisotopic (exact) mass is 255 g/mol. The number of nitrogen functional groups attached to an aromatic ring is 1. The van der Waals surface area contributed by atoms with Crippen LogP contribution in [0.4, 0.5) is 10.2 Å². The van der Waals surface area contributed by atoms with Crippen molar-refractivity contribution in [2.75, 3.05) is 12.0 Å². The molecule has 7 heteroatoms. The van der Waals surface area contributed by atoms with Gasteiger partial charge in [-0.3, -0.25) is 5.10 Å². The number of sulfone groups is 1. The van der Waals surface area contributed by atoms with Crippen molar-refractivity contribution < 1.29 is 12.8 Å². The van der Waals surface area contributed by atoms with E-state index in [-0.39, 0.29) is 4.90 Å². The summed E-state index contributed by atoms with van der Waals surface area (Å²) < 4.78 is 36.1. The van der Waals surface area contributed by atoms with E-state index in [4.69, 9.17) is 5.73 Å². The summed E-state index contributed by atoms with van der Waals surface area (Å²) in [5.41, 5.74) is 6.64. The van der Waals surface area contributed by atoms with E-state index >= 15 is 0 Å². The van der Waals surface area contributed by atoms with Crippen LogP contribution in [0.25, 0.3) is 11.1 Å². The van der Waals surface area contributed by atoms with E-state index in [0.717, 1.165) is 12.3 Å². The Balaban J connectivity index is 2.64. The minimum Gasteiger partial charge on any atom is -0.384 e. The lowest BCUT2D eigenvalue weighted by atomic mass is 10.1. The Morgan fingerprint density at radius 1 is 1.41 bits per heavy atom. The molecule has 0 saturated carbocycles. The van der Waals surface area contributed by atoms with Crippen LogP contribution < -0.4 is 5.73 Å². The first kappa shape index (κ1) is 11.6. The van der Waals surface area contributed by atoms with Crippen molar-refractivity contribution in [3.63, 3.8) is 0 Å². The van der Waals surface area contributed by atoms with Crippen LogP contribution in [0.15, 0.2) is 29.3 Å². The molecule has 1 heterocycles. The van der Waals surface area contributed by atoms with Crippen LogP contribution in [-0.4, -0.2) is 24.9 Å². The van der Waals surface area contributed by atoms with Gasteiger partial charge in [0, 0.05) is 11.8 Å². The highest BCUT2D eigenvalue weighted by Crippen LogP contribution is 2.27. The number of halogens is 1. The third-order valence-corrected chi connectivity index (χ3v) is 3.42. The van der Waals surface area contributed by atoms with Crippen LogP contribution in [-0.2, 0) is 9.84 Å². The number of rotatable bonds is 2. The second-order valence-electron chi connectivity index (χ2n) is 3.61. The number of hydrogen-bond acceptors (Lipinski definition) is 4. The van der Waals surface area contributed by atoms with Gasteiger partial charge in [0.15, 0.2) is 9.84 Å². The summed E-state index contributed by atoms with van der Waals surface area (Å²) in [6.07, 6.45) is 2.41. The maximum Gasteiger partial charge on any atom is 0.178 e. The van der Waals surface area contributed by atoms with Crippen molar-refractivity contribution in [1.82, 2.24) is 10.2 Å². The van der Waals surface area contributed by atoms with Crippen LogP contribution in [0, 0.1) is 5.82 Å². The number of benzene rings is 1. The van der Waals surface area contributed by atoms with Crippen molar-refractivity contribution in [3.05, 3.63) is 30.2 Å². The molecule has 0 atom stereocenters. The number of aromatic amines is 1. The predicted molar refractivity (Wildman–Crippen MR) is 61.5 cm³/mol. The molecule has 0 aliphatic heterocycles. The van der Waals surface area contributed by atoms with Crippen LogP contribution in [0.1, 0.15) is 0 Å². The van der Waals surface area contributed by atoms with Crippen molar-refractivity contribution in [2.45, 2.75) is 4.90 Å². The zero-order valence-corrected chi connectivity index (χ0v) is 9.75. The normalized spacial score (nSPS) is 11.6. The molecule has 3 N–H and O–H groups in total. The van der Waals surface area contributed by atoms with Gasteiger partial charge in [-0.15, -0.1) is 0 Å². The van der Waals surface area contributed by atoms with E-state index in [0.29, 0.717) is 16.9 Å². The highest BCUT2D eigenvalue weighted by Gasteiger charge is 2.16. The van der Waals surface area contributed by atoms with Gasteiger partial charge in [-0.05, 0) is 17.7 Å². The average molecular weight is 255 g/mol. The first-order valence-electron chi connectivity index (χ1n) is 4.68. The zero-order valence-electron chi connectivity index (χ0n) is 8.94. The largest absolute Gasteiger partial charge is 0.384 e. The molecule has 0 aliphatic rings. The van der Waals surface area contributed by atoms with E-state index in [9.17, 15) is 12.8 Å². The molecule has 0 bridgehead atoms. The average Bonchev–Trinajstić information content (AvgIpc) is 2.63. The molecule has 0 unspecified atom stereocenters. The molecule has 2 rings (SSSR count). The van der Waals surface area contributed by atoms with Crippen molar-refractivity contribution in [3.8, 4) is 11.1 Å². The molecular weight excluding hydrogens is 245 g/mol. The molecule has 0 aliphatic carbocycles. The Bertz CT molecular complexity index is 664. The fourth-order valence-corrected chi connectivity index (χ4v) is 2.24. The van der Waals surface area contributed by atoms with Gasteiger partial charge in [0.2, 0.25) is 0 Å². The standard InChI is InChI=1S/C10H10FN3O2S/c1-17(15,16)9-4-6(2-3-8(9)11)7-5-13-14-10(7)12/h2-5H,1H3,(H3,12,13,14). The summed E-state index contributed by atoms with van der Waals surface area (Å²) in [4.78, 5) is -0.351. The van der Waals surface area contributed by atoms with Crippen molar-refractivity contribution >= 4 is 15.7 Å². The van der Waals surface area contributed by atoms with E-state index in [1.807, 2.05) is 0 Å². The van der Waals surface area contributed by atoms with Gasteiger partial charge >= 0.3 is 0 Å². The molecule has 5 nitrogen and oxygen atoms in total. The first-order chi connectivity index (χ1) is 7.89. The van der Waals surface area contributed by atoms with Crippen LogP contribution >= 0.6 is 0 Å². The lowest BCUT2D eigenvalue weighted by Crippen LogP contribution is -2.01. The Kier molecular flexibility index (Phi) is 2.62. The van der Waals surface area contributed by atoms with Gasteiger partial charge in [-0.2, -0.15) is 5.10 Å². The number of nitrogens with zero attached hydrogens (tertiary/aromatic N) is 1. The van der Waals surface area contributed by atoms with Crippen molar-refractivity contribution in [1.29, 1.82) is 0 Å². The van der Waals surface area contributed by atoms with Gasteiger partial charge in [-0.25, -0.2) is 12.8 Å². The summed E-state index contributed by atoms with van der Waals surface area (Å²) in [6.45, 7) is 0. The van der Waals surface area contributed by atoms with Gasteiger partial charge < -0.3 is 5.73 Å². The topological polar surface area (TPSA) is 88.8 Å². The van der Waals surface area contributed by atoms with Crippen LogP contribution in [0.3, 0.4) is 0 Å². The SMILES string of the molecule is CS(=O)(=O)c1cc(-c2cn[nH]c2N)ccc1F. The van der Waals surface area contributed by atoms with Gasteiger partial charge in [-0.1, -0.05) is 6.07 Å². The number of nitrogens with two attached hydrogens (primary N) is 1. The minimum atomic E-state index is -3.61. The molecule has 90 valence electrons. The fraction of sp³-hybridized carbons (Fsp3) is 0.100. The van der Waals surface area contributed by atoms with Crippen LogP contribution in [0.5, 0.6) is 0 Å². The number of nitrogens with one attached hydrogen (secondary N) is 1. The molecule has 0 radical (unpaired) electrons. The van der Waals surface area contributed by atoms with E-state index in [1.54, 1.807) is 0 Å². The van der Waals surface area contributed by atoms with E-state index < -0.39 is 15.7 Å². The summed E-state index contributed by atoms with van der Waals surface area (Å²) >= 11 is 0.